The normalized spacial score (nSPS) is 16.6. The molecular weight excluding hydrogens is 244 g/mol. The van der Waals surface area contributed by atoms with Gasteiger partial charge in [-0.1, -0.05) is 12.1 Å². The fourth-order valence-corrected chi connectivity index (χ4v) is 2.08. The Kier molecular flexibility index (Phi) is 3.46. The summed E-state index contributed by atoms with van der Waals surface area (Å²) in [4.78, 5) is 25.4. The number of amides is 2. The molecule has 0 bridgehead atoms. The second-order valence-corrected chi connectivity index (χ2v) is 4.96. The van der Waals surface area contributed by atoms with Gasteiger partial charge in [0.15, 0.2) is 5.60 Å². The van der Waals surface area contributed by atoms with Crippen LogP contribution in [0.4, 0.5) is 5.69 Å². The molecule has 0 aromatic heterocycles. The summed E-state index contributed by atoms with van der Waals surface area (Å²) >= 11 is 0. The zero-order valence-electron chi connectivity index (χ0n) is 11.4. The number of para-hydroxylation sites is 2. The van der Waals surface area contributed by atoms with Crippen molar-refractivity contribution in [3.63, 3.8) is 0 Å². The van der Waals surface area contributed by atoms with Crippen LogP contribution in [-0.4, -0.2) is 31.0 Å². The largest absolute Gasteiger partial charge is 0.476 e. The molecule has 19 heavy (non-hydrogen) atoms. The minimum Gasteiger partial charge on any atom is -0.476 e. The first-order chi connectivity index (χ1) is 8.95. The van der Waals surface area contributed by atoms with E-state index in [9.17, 15) is 9.59 Å². The Hall–Kier alpha value is -2.04. The van der Waals surface area contributed by atoms with Gasteiger partial charge in [-0.25, -0.2) is 0 Å². The van der Waals surface area contributed by atoms with E-state index in [-0.39, 0.29) is 18.2 Å². The maximum Gasteiger partial charge on any atom is 0.270 e. The first-order valence-electron chi connectivity index (χ1n) is 6.26. The molecule has 2 rings (SSSR count). The number of benzene rings is 1. The highest BCUT2D eigenvalue weighted by molar-refractivity contribution is 6.02. The molecule has 1 aliphatic heterocycles. The van der Waals surface area contributed by atoms with Crippen LogP contribution in [0.5, 0.6) is 5.75 Å². The van der Waals surface area contributed by atoms with Crippen molar-refractivity contribution in [1.29, 1.82) is 0 Å². The van der Waals surface area contributed by atoms with Gasteiger partial charge in [0.25, 0.3) is 5.91 Å². The standard InChI is InChI=1S/C14H18N2O3/c1-14(2)13(18)16(9-8-12(17)15-3)10-6-4-5-7-11(10)19-14/h4-7H,8-9H2,1-3H3,(H,15,17). The van der Waals surface area contributed by atoms with Gasteiger partial charge in [0.1, 0.15) is 5.75 Å². The molecule has 0 radical (unpaired) electrons. The minimum absolute atomic E-state index is 0.0884. The van der Waals surface area contributed by atoms with E-state index >= 15 is 0 Å². The van der Waals surface area contributed by atoms with Crippen LogP contribution in [-0.2, 0) is 9.59 Å². The quantitative estimate of drug-likeness (QED) is 0.894. The van der Waals surface area contributed by atoms with E-state index in [0.29, 0.717) is 12.3 Å². The lowest BCUT2D eigenvalue weighted by atomic mass is 10.0. The number of carbonyl (C=O) groups is 2. The summed E-state index contributed by atoms with van der Waals surface area (Å²) in [6, 6.07) is 7.37. The molecular formula is C14H18N2O3. The highest BCUT2D eigenvalue weighted by atomic mass is 16.5. The zero-order chi connectivity index (χ0) is 14.0. The van der Waals surface area contributed by atoms with E-state index in [1.807, 2.05) is 24.3 Å². The lowest BCUT2D eigenvalue weighted by Gasteiger charge is -2.38. The molecule has 0 atom stereocenters. The molecule has 1 N–H and O–H groups in total. The summed E-state index contributed by atoms with van der Waals surface area (Å²) in [7, 11) is 1.58. The molecule has 2 amide bonds. The minimum atomic E-state index is -0.906. The fourth-order valence-electron chi connectivity index (χ4n) is 2.08. The molecule has 1 aromatic carbocycles. The van der Waals surface area contributed by atoms with E-state index < -0.39 is 5.60 Å². The summed E-state index contributed by atoms with van der Waals surface area (Å²) < 4.78 is 5.70. The second kappa shape index (κ2) is 4.91. The molecule has 0 spiro atoms. The summed E-state index contributed by atoms with van der Waals surface area (Å²) in [5.41, 5.74) is -0.187. The highest BCUT2D eigenvalue weighted by Gasteiger charge is 2.40. The molecule has 5 heteroatoms. The number of nitrogens with zero attached hydrogens (tertiary/aromatic N) is 1. The first kappa shape index (κ1) is 13.4. The van der Waals surface area contributed by atoms with Crippen LogP contribution in [0.2, 0.25) is 0 Å². The van der Waals surface area contributed by atoms with Gasteiger partial charge in [-0.15, -0.1) is 0 Å². The van der Waals surface area contributed by atoms with Gasteiger partial charge in [-0.05, 0) is 26.0 Å². The van der Waals surface area contributed by atoms with Gasteiger partial charge in [0.05, 0.1) is 5.69 Å². The van der Waals surface area contributed by atoms with Crippen LogP contribution in [0, 0.1) is 0 Å². The van der Waals surface area contributed by atoms with Crippen LogP contribution >= 0.6 is 0 Å². The molecule has 5 nitrogen and oxygen atoms in total. The molecule has 0 unspecified atom stereocenters. The molecule has 0 saturated carbocycles. The summed E-state index contributed by atoms with van der Waals surface area (Å²) in [6.07, 6.45) is 0.270. The summed E-state index contributed by atoms with van der Waals surface area (Å²) in [5.74, 6) is 0.452. The number of rotatable bonds is 3. The lowest BCUT2D eigenvalue weighted by Crippen LogP contribution is -2.53. The molecule has 102 valence electrons. The predicted octanol–water partition coefficient (Wildman–Crippen LogP) is 1.33. The van der Waals surface area contributed by atoms with Crippen molar-refractivity contribution in [3.8, 4) is 5.75 Å². The summed E-state index contributed by atoms with van der Waals surface area (Å²) in [5, 5.41) is 2.56. The highest BCUT2D eigenvalue weighted by Crippen LogP contribution is 2.37. The van der Waals surface area contributed by atoms with Crippen molar-refractivity contribution in [2.45, 2.75) is 25.9 Å². The van der Waals surface area contributed by atoms with Crippen molar-refractivity contribution in [2.24, 2.45) is 0 Å². The van der Waals surface area contributed by atoms with Crippen LogP contribution in [0.15, 0.2) is 24.3 Å². The van der Waals surface area contributed by atoms with Crippen molar-refractivity contribution in [1.82, 2.24) is 5.32 Å². The number of nitrogens with one attached hydrogen (secondary N) is 1. The van der Waals surface area contributed by atoms with E-state index in [1.54, 1.807) is 25.8 Å². The second-order valence-electron chi connectivity index (χ2n) is 4.96. The number of anilines is 1. The van der Waals surface area contributed by atoms with Crippen molar-refractivity contribution >= 4 is 17.5 Å². The molecule has 0 saturated heterocycles. The molecule has 1 aliphatic rings. The van der Waals surface area contributed by atoms with E-state index in [2.05, 4.69) is 5.32 Å². The monoisotopic (exact) mass is 262 g/mol. The molecule has 0 aliphatic carbocycles. The van der Waals surface area contributed by atoms with Gasteiger partial charge in [0.2, 0.25) is 5.91 Å². The van der Waals surface area contributed by atoms with Crippen LogP contribution in [0.1, 0.15) is 20.3 Å². The Morgan fingerprint density at radius 1 is 1.37 bits per heavy atom. The van der Waals surface area contributed by atoms with E-state index in [1.165, 1.54) is 0 Å². The van der Waals surface area contributed by atoms with Crippen LogP contribution < -0.4 is 15.0 Å². The zero-order valence-corrected chi connectivity index (χ0v) is 11.4. The third kappa shape index (κ3) is 2.54. The number of fused-ring (bicyclic) bond motifs is 1. The average molecular weight is 262 g/mol. The molecule has 1 aromatic rings. The molecule has 0 fully saturated rings. The van der Waals surface area contributed by atoms with Crippen molar-refractivity contribution < 1.29 is 14.3 Å². The van der Waals surface area contributed by atoms with Crippen LogP contribution in [0.25, 0.3) is 0 Å². The number of hydrogen-bond donors (Lipinski definition) is 1. The Morgan fingerprint density at radius 2 is 2.05 bits per heavy atom. The van der Waals surface area contributed by atoms with E-state index in [4.69, 9.17) is 4.74 Å². The van der Waals surface area contributed by atoms with Gasteiger partial charge in [-0.2, -0.15) is 0 Å². The maximum absolute atomic E-state index is 12.4. The van der Waals surface area contributed by atoms with Gasteiger partial charge in [-0.3, -0.25) is 9.59 Å². The van der Waals surface area contributed by atoms with Gasteiger partial charge in [0, 0.05) is 20.0 Å². The van der Waals surface area contributed by atoms with Gasteiger partial charge >= 0.3 is 0 Å². The predicted molar refractivity (Wildman–Crippen MR) is 72.2 cm³/mol. The van der Waals surface area contributed by atoms with Crippen molar-refractivity contribution in [2.75, 3.05) is 18.5 Å². The Morgan fingerprint density at radius 3 is 2.74 bits per heavy atom. The van der Waals surface area contributed by atoms with E-state index in [0.717, 1.165) is 5.69 Å². The third-order valence-electron chi connectivity index (χ3n) is 3.12. The number of hydrogen-bond acceptors (Lipinski definition) is 3. The van der Waals surface area contributed by atoms with Crippen LogP contribution in [0.3, 0.4) is 0 Å². The topological polar surface area (TPSA) is 58.6 Å². The van der Waals surface area contributed by atoms with Crippen molar-refractivity contribution in [3.05, 3.63) is 24.3 Å². The van der Waals surface area contributed by atoms with Gasteiger partial charge < -0.3 is 15.0 Å². The Bertz CT molecular complexity index is 511. The third-order valence-corrected chi connectivity index (χ3v) is 3.12. The lowest BCUT2D eigenvalue weighted by molar-refractivity contribution is -0.132. The average Bonchev–Trinajstić information content (AvgIpc) is 2.38. The Balaban J connectivity index is 2.29. The molecule has 1 heterocycles. The number of ether oxygens (including phenoxy) is 1. The first-order valence-corrected chi connectivity index (χ1v) is 6.26. The number of carbonyl (C=O) groups excluding carboxylic acids is 2. The maximum atomic E-state index is 12.4. The fraction of sp³-hybridized carbons (Fsp3) is 0.429. The smallest absolute Gasteiger partial charge is 0.270 e. The SMILES string of the molecule is CNC(=O)CCN1C(=O)C(C)(C)Oc2ccccc21. The Labute approximate surface area is 112 Å². The summed E-state index contributed by atoms with van der Waals surface area (Å²) in [6.45, 7) is 3.82.